The molecule has 0 spiro atoms. The van der Waals surface area contributed by atoms with E-state index >= 15 is 0 Å². The van der Waals surface area contributed by atoms with Gasteiger partial charge in [-0.1, -0.05) is 12.2 Å². The minimum Gasteiger partial charge on any atom is -0.388 e. The van der Waals surface area contributed by atoms with Gasteiger partial charge in [0.05, 0.1) is 6.10 Å². The van der Waals surface area contributed by atoms with Gasteiger partial charge in [0, 0.05) is 12.6 Å². The largest absolute Gasteiger partial charge is 0.388 e. The Labute approximate surface area is 98.3 Å². The van der Waals surface area contributed by atoms with Crippen molar-refractivity contribution < 1.29 is 9.84 Å². The molecule has 0 saturated carbocycles. The van der Waals surface area contributed by atoms with Crippen LogP contribution in [0.4, 0.5) is 5.82 Å². The fourth-order valence-electron chi connectivity index (χ4n) is 1.89. The van der Waals surface area contributed by atoms with Gasteiger partial charge >= 0.3 is 5.69 Å². The van der Waals surface area contributed by atoms with E-state index in [-0.39, 0.29) is 11.9 Å². The molecule has 0 bridgehead atoms. The summed E-state index contributed by atoms with van der Waals surface area (Å²) in [5.74, 6) is 0.156. The van der Waals surface area contributed by atoms with Crippen molar-refractivity contribution in [2.24, 2.45) is 0 Å². The van der Waals surface area contributed by atoms with Crippen molar-refractivity contribution in [1.29, 1.82) is 0 Å². The van der Waals surface area contributed by atoms with Gasteiger partial charge in [-0.2, -0.15) is 4.98 Å². The number of nitrogens with zero attached hydrogens (tertiary/aromatic N) is 2. The third kappa shape index (κ3) is 2.37. The molecular weight excluding hydrogens is 222 g/mol. The normalized spacial score (nSPS) is 28.9. The average molecular weight is 237 g/mol. The highest BCUT2D eigenvalue weighted by Crippen LogP contribution is 2.28. The number of hydrogen-bond donors (Lipinski definition) is 2. The highest BCUT2D eigenvalue weighted by atomic mass is 16.5. The summed E-state index contributed by atoms with van der Waals surface area (Å²) in [4.78, 5) is 15.2. The highest BCUT2D eigenvalue weighted by molar-refractivity contribution is 5.23. The van der Waals surface area contributed by atoms with Crippen LogP contribution in [0.3, 0.4) is 0 Å². The highest BCUT2D eigenvalue weighted by Gasteiger charge is 2.34. The zero-order valence-electron chi connectivity index (χ0n) is 9.48. The molecule has 6 heteroatoms. The average Bonchev–Trinajstić information content (AvgIpc) is 2.60. The molecule has 1 aliphatic rings. The Kier molecular flexibility index (Phi) is 3.26. The van der Waals surface area contributed by atoms with Crippen LogP contribution in [0.2, 0.25) is 0 Å². The number of rotatable bonds is 2. The molecule has 2 heterocycles. The minimum atomic E-state index is -0.723. The standard InChI is InChI=1S/C11H15N3O3/c1-2-3-7-6-8(15)10(17-7)14-5-4-9(12)13-11(14)16/h2-5,7-8,10,15H,6H2,1H3,(H2,12,13,16)/b3-2+/t7-,8-,10-/m1/s1. The van der Waals surface area contributed by atoms with E-state index in [0.717, 1.165) is 0 Å². The number of aromatic nitrogens is 2. The summed E-state index contributed by atoms with van der Waals surface area (Å²) >= 11 is 0. The first-order chi connectivity index (χ1) is 8.11. The summed E-state index contributed by atoms with van der Waals surface area (Å²) in [6, 6.07) is 1.50. The molecule has 1 saturated heterocycles. The molecule has 0 aliphatic carbocycles. The van der Waals surface area contributed by atoms with Crippen molar-refractivity contribution in [3.8, 4) is 0 Å². The maximum Gasteiger partial charge on any atom is 0.351 e. The number of aliphatic hydroxyl groups excluding tert-OH is 1. The van der Waals surface area contributed by atoms with E-state index in [0.29, 0.717) is 6.42 Å². The second-order valence-electron chi connectivity index (χ2n) is 3.94. The summed E-state index contributed by atoms with van der Waals surface area (Å²) in [6.07, 6.45) is 4.05. The van der Waals surface area contributed by atoms with Gasteiger partial charge in [0.15, 0.2) is 6.23 Å². The maximum absolute atomic E-state index is 11.6. The summed E-state index contributed by atoms with van der Waals surface area (Å²) in [5, 5.41) is 9.86. The van der Waals surface area contributed by atoms with Gasteiger partial charge in [0.2, 0.25) is 0 Å². The molecule has 2 rings (SSSR count). The van der Waals surface area contributed by atoms with E-state index < -0.39 is 18.0 Å². The molecule has 1 aromatic heterocycles. The molecule has 0 amide bonds. The van der Waals surface area contributed by atoms with Crippen molar-refractivity contribution in [2.75, 3.05) is 5.73 Å². The van der Waals surface area contributed by atoms with E-state index in [4.69, 9.17) is 10.5 Å². The van der Waals surface area contributed by atoms with E-state index in [2.05, 4.69) is 4.98 Å². The zero-order chi connectivity index (χ0) is 12.4. The van der Waals surface area contributed by atoms with Crippen molar-refractivity contribution in [3.05, 3.63) is 34.9 Å². The monoisotopic (exact) mass is 237 g/mol. The predicted octanol–water partition coefficient (Wildman–Crippen LogP) is 0.0500. The van der Waals surface area contributed by atoms with Crippen molar-refractivity contribution in [2.45, 2.75) is 31.8 Å². The van der Waals surface area contributed by atoms with E-state index in [1.165, 1.54) is 16.8 Å². The second kappa shape index (κ2) is 4.68. The van der Waals surface area contributed by atoms with E-state index in [1.807, 2.05) is 19.1 Å². The van der Waals surface area contributed by atoms with Crippen LogP contribution in [0.15, 0.2) is 29.2 Å². The lowest BCUT2D eigenvalue weighted by Crippen LogP contribution is -2.31. The molecule has 0 unspecified atom stereocenters. The Morgan fingerprint density at radius 2 is 2.47 bits per heavy atom. The third-order valence-electron chi connectivity index (χ3n) is 2.65. The van der Waals surface area contributed by atoms with Crippen molar-refractivity contribution >= 4 is 5.82 Å². The van der Waals surface area contributed by atoms with Gasteiger partial charge < -0.3 is 15.6 Å². The number of nitrogens with two attached hydrogens (primary N) is 1. The molecule has 0 aromatic carbocycles. The molecule has 6 nitrogen and oxygen atoms in total. The van der Waals surface area contributed by atoms with Crippen LogP contribution in [0.1, 0.15) is 19.6 Å². The Morgan fingerprint density at radius 1 is 1.71 bits per heavy atom. The fourth-order valence-corrected chi connectivity index (χ4v) is 1.89. The lowest BCUT2D eigenvalue weighted by Gasteiger charge is -2.16. The number of hydrogen-bond acceptors (Lipinski definition) is 5. The lowest BCUT2D eigenvalue weighted by molar-refractivity contribution is -0.0279. The predicted molar refractivity (Wildman–Crippen MR) is 62.3 cm³/mol. The maximum atomic E-state index is 11.6. The molecule has 17 heavy (non-hydrogen) atoms. The number of aliphatic hydroxyl groups is 1. The molecular formula is C11H15N3O3. The van der Waals surface area contributed by atoms with Gasteiger partial charge in [-0.15, -0.1) is 0 Å². The number of ether oxygens (including phenoxy) is 1. The lowest BCUT2D eigenvalue weighted by atomic mass is 10.2. The zero-order valence-corrected chi connectivity index (χ0v) is 9.48. The molecule has 1 fully saturated rings. The molecule has 92 valence electrons. The SMILES string of the molecule is C/C=C/[C@@H]1C[C@@H](O)[C@H](n2ccc(N)nc2=O)O1. The first-order valence-corrected chi connectivity index (χ1v) is 5.43. The minimum absolute atomic E-state index is 0.156. The van der Waals surface area contributed by atoms with Crippen LogP contribution in [-0.2, 0) is 4.74 Å². The second-order valence-corrected chi connectivity index (χ2v) is 3.94. The Bertz CT molecular complexity index is 483. The number of allylic oxidation sites excluding steroid dienone is 1. The Hall–Kier alpha value is -1.66. The van der Waals surface area contributed by atoms with Gasteiger partial charge in [-0.25, -0.2) is 4.79 Å². The summed E-state index contributed by atoms with van der Waals surface area (Å²) < 4.78 is 6.82. The van der Waals surface area contributed by atoms with Gasteiger partial charge in [-0.3, -0.25) is 4.57 Å². The topological polar surface area (TPSA) is 90.4 Å². The molecule has 0 radical (unpaired) electrons. The van der Waals surface area contributed by atoms with Gasteiger partial charge in [0.1, 0.15) is 11.9 Å². The third-order valence-corrected chi connectivity index (χ3v) is 2.65. The Balaban J connectivity index is 2.26. The van der Waals surface area contributed by atoms with Crippen LogP contribution in [-0.4, -0.2) is 26.9 Å². The van der Waals surface area contributed by atoms with Gasteiger partial charge in [0.25, 0.3) is 0 Å². The first-order valence-electron chi connectivity index (χ1n) is 5.43. The summed E-state index contributed by atoms with van der Waals surface area (Å²) in [5.41, 5.74) is 4.88. The summed E-state index contributed by atoms with van der Waals surface area (Å²) in [7, 11) is 0. The van der Waals surface area contributed by atoms with Crippen molar-refractivity contribution in [3.63, 3.8) is 0 Å². The first kappa shape index (κ1) is 11.8. The smallest absolute Gasteiger partial charge is 0.351 e. The molecule has 3 N–H and O–H groups in total. The van der Waals surface area contributed by atoms with Crippen LogP contribution in [0, 0.1) is 0 Å². The van der Waals surface area contributed by atoms with E-state index in [9.17, 15) is 9.90 Å². The molecule has 1 aliphatic heterocycles. The fraction of sp³-hybridized carbons (Fsp3) is 0.455. The van der Waals surface area contributed by atoms with Crippen LogP contribution in [0.25, 0.3) is 0 Å². The summed E-state index contributed by atoms with van der Waals surface area (Å²) in [6.45, 7) is 1.88. The molecule has 1 aromatic rings. The van der Waals surface area contributed by atoms with Crippen LogP contribution >= 0.6 is 0 Å². The van der Waals surface area contributed by atoms with Crippen LogP contribution in [0.5, 0.6) is 0 Å². The quantitative estimate of drug-likeness (QED) is 0.709. The van der Waals surface area contributed by atoms with Gasteiger partial charge in [-0.05, 0) is 13.0 Å². The Morgan fingerprint density at radius 3 is 3.12 bits per heavy atom. The van der Waals surface area contributed by atoms with E-state index in [1.54, 1.807) is 0 Å². The van der Waals surface area contributed by atoms with Crippen LogP contribution < -0.4 is 11.4 Å². The van der Waals surface area contributed by atoms with Crippen molar-refractivity contribution in [1.82, 2.24) is 9.55 Å². The number of nitrogen functional groups attached to an aromatic ring is 1. The molecule has 3 atom stereocenters. The number of anilines is 1.